The largest absolute Gasteiger partial charge is 0.399 e. The van der Waals surface area contributed by atoms with Crippen LogP contribution in [0.2, 0.25) is 0 Å². The van der Waals surface area contributed by atoms with Crippen LogP contribution in [0, 0.1) is 12.7 Å². The van der Waals surface area contributed by atoms with Gasteiger partial charge in [0.05, 0.1) is 16.8 Å². The predicted octanol–water partition coefficient (Wildman–Crippen LogP) is 1.91. The second kappa shape index (κ2) is 4.85. The van der Waals surface area contributed by atoms with Crippen LogP contribution in [0.25, 0.3) is 0 Å². The van der Waals surface area contributed by atoms with Crippen molar-refractivity contribution < 1.29 is 12.8 Å². The number of nitrogens with one attached hydrogen (secondary N) is 1. The fourth-order valence-electron chi connectivity index (χ4n) is 1.59. The Kier molecular flexibility index (Phi) is 3.39. The number of nitrogens with zero attached hydrogens (tertiary/aromatic N) is 1. The number of sulfonamides is 1. The van der Waals surface area contributed by atoms with Gasteiger partial charge in [0.2, 0.25) is 0 Å². The number of pyridine rings is 1. The lowest BCUT2D eigenvalue weighted by Gasteiger charge is -2.11. The molecule has 0 saturated heterocycles. The van der Waals surface area contributed by atoms with E-state index in [1.165, 1.54) is 25.4 Å². The molecule has 0 amide bonds. The van der Waals surface area contributed by atoms with Crippen LogP contribution < -0.4 is 10.5 Å². The van der Waals surface area contributed by atoms with E-state index in [0.717, 1.165) is 6.07 Å². The zero-order valence-electron chi connectivity index (χ0n) is 10.1. The Morgan fingerprint density at radius 2 is 2.11 bits per heavy atom. The summed E-state index contributed by atoms with van der Waals surface area (Å²) in [4.78, 5) is 3.61. The minimum Gasteiger partial charge on any atom is -0.399 e. The fourth-order valence-corrected chi connectivity index (χ4v) is 2.92. The van der Waals surface area contributed by atoms with Crippen molar-refractivity contribution in [2.75, 3.05) is 10.5 Å². The van der Waals surface area contributed by atoms with Crippen molar-refractivity contribution in [1.82, 2.24) is 4.98 Å². The van der Waals surface area contributed by atoms with E-state index in [4.69, 9.17) is 5.73 Å². The molecule has 0 aliphatic carbocycles. The Bertz CT molecular complexity index is 702. The Morgan fingerprint density at radius 3 is 2.74 bits per heavy atom. The van der Waals surface area contributed by atoms with Gasteiger partial charge in [-0.2, -0.15) is 0 Å². The highest BCUT2D eigenvalue weighted by Gasteiger charge is 2.20. The minimum atomic E-state index is -3.90. The fraction of sp³-hybridized carbons (Fsp3) is 0.0833. The maximum atomic E-state index is 13.5. The Balaban J connectivity index is 2.46. The second-order valence-electron chi connectivity index (χ2n) is 3.97. The van der Waals surface area contributed by atoms with Crippen LogP contribution in [-0.2, 0) is 10.0 Å². The van der Waals surface area contributed by atoms with E-state index in [9.17, 15) is 12.8 Å². The lowest BCUT2D eigenvalue weighted by atomic mass is 10.2. The van der Waals surface area contributed by atoms with Gasteiger partial charge < -0.3 is 5.73 Å². The SMILES string of the molecule is Cc1c(F)cc(N)cc1S(=O)(=O)Nc1cccnc1. The first-order valence-corrected chi connectivity index (χ1v) is 6.87. The highest BCUT2D eigenvalue weighted by Crippen LogP contribution is 2.23. The summed E-state index contributed by atoms with van der Waals surface area (Å²) in [6, 6.07) is 5.43. The molecule has 1 aromatic carbocycles. The van der Waals surface area contributed by atoms with E-state index < -0.39 is 15.8 Å². The Morgan fingerprint density at radius 1 is 1.37 bits per heavy atom. The molecule has 0 aliphatic rings. The van der Waals surface area contributed by atoms with Crippen molar-refractivity contribution in [2.45, 2.75) is 11.8 Å². The molecular formula is C12H12FN3O2S. The third-order valence-corrected chi connectivity index (χ3v) is 4.03. The van der Waals surface area contributed by atoms with Crippen molar-refractivity contribution in [1.29, 1.82) is 0 Å². The molecule has 5 nitrogen and oxygen atoms in total. The van der Waals surface area contributed by atoms with Gasteiger partial charge in [-0.25, -0.2) is 12.8 Å². The molecule has 1 aromatic heterocycles. The number of hydrogen-bond donors (Lipinski definition) is 2. The number of halogens is 1. The highest BCUT2D eigenvalue weighted by molar-refractivity contribution is 7.92. The number of nitrogens with two attached hydrogens (primary N) is 1. The van der Waals surface area contributed by atoms with Crippen LogP contribution in [0.1, 0.15) is 5.56 Å². The van der Waals surface area contributed by atoms with Crippen LogP contribution in [0.15, 0.2) is 41.6 Å². The van der Waals surface area contributed by atoms with Crippen LogP contribution in [-0.4, -0.2) is 13.4 Å². The number of benzene rings is 1. The molecule has 100 valence electrons. The van der Waals surface area contributed by atoms with Gasteiger partial charge in [0, 0.05) is 17.4 Å². The number of rotatable bonds is 3. The first kappa shape index (κ1) is 13.3. The summed E-state index contributed by atoms with van der Waals surface area (Å²) in [5.41, 5.74) is 5.84. The summed E-state index contributed by atoms with van der Waals surface area (Å²) in [6.45, 7) is 1.38. The van der Waals surface area contributed by atoms with E-state index in [1.807, 2.05) is 0 Å². The number of nitrogen functional groups attached to an aromatic ring is 1. The monoisotopic (exact) mass is 281 g/mol. The molecule has 2 aromatic rings. The summed E-state index contributed by atoms with van der Waals surface area (Å²) in [5, 5.41) is 0. The van der Waals surface area contributed by atoms with E-state index >= 15 is 0 Å². The van der Waals surface area contributed by atoms with Crippen LogP contribution in [0.3, 0.4) is 0 Å². The summed E-state index contributed by atoms with van der Waals surface area (Å²) in [7, 11) is -3.90. The van der Waals surface area contributed by atoms with Crippen molar-refractivity contribution in [3.8, 4) is 0 Å². The van der Waals surface area contributed by atoms with Crippen molar-refractivity contribution >= 4 is 21.4 Å². The van der Waals surface area contributed by atoms with Gasteiger partial charge in [-0.05, 0) is 31.2 Å². The molecule has 0 bridgehead atoms. The van der Waals surface area contributed by atoms with E-state index in [-0.39, 0.29) is 16.1 Å². The highest BCUT2D eigenvalue weighted by atomic mass is 32.2. The van der Waals surface area contributed by atoms with Gasteiger partial charge in [-0.15, -0.1) is 0 Å². The smallest absolute Gasteiger partial charge is 0.262 e. The molecular weight excluding hydrogens is 269 g/mol. The topological polar surface area (TPSA) is 85.1 Å². The number of aromatic nitrogens is 1. The van der Waals surface area contributed by atoms with Gasteiger partial charge in [-0.1, -0.05) is 0 Å². The molecule has 1 heterocycles. The zero-order valence-corrected chi connectivity index (χ0v) is 10.9. The summed E-state index contributed by atoms with van der Waals surface area (Å²) in [5.74, 6) is -0.661. The van der Waals surface area contributed by atoms with Crippen molar-refractivity contribution in [3.05, 3.63) is 48.0 Å². The maximum absolute atomic E-state index is 13.5. The first-order chi connectivity index (χ1) is 8.90. The summed E-state index contributed by atoms with van der Waals surface area (Å²) >= 11 is 0. The third kappa shape index (κ3) is 2.82. The number of anilines is 2. The van der Waals surface area contributed by atoms with Crippen LogP contribution in [0.4, 0.5) is 15.8 Å². The number of hydrogen-bond acceptors (Lipinski definition) is 4. The summed E-state index contributed by atoms with van der Waals surface area (Å²) in [6.07, 6.45) is 2.87. The third-order valence-electron chi connectivity index (χ3n) is 2.52. The molecule has 19 heavy (non-hydrogen) atoms. The van der Waals surface area contributed by atoms with Gasteiger partial charge in [0.25, 0.3) is 10.0 Å². The minimum absolute atomic E-state index is 0.0191. The van der Waals surface area contributed by atoms with Crippen molar-refractivity contribution in [3.63, 3.8) is 0 Å². The second-order valence-corrected chi connectivity index (χ2v) is 5.62. The molecule has 0 radical (unpaired) electrons. The normalized spacial score (nSPS) is 11.3. The van der Waals surface area contributed by atoms with Gasteiger partial charge in [-0.3, -0.25) is 9.71 Å². The average Bonchev–Trinajstić information content (AvgIpc) is 2.34. The average molecular weight is 281 g/mol. The maximum Gasteiger partial charge on any atom is 0.262 e. The molecule has 0 unspecified atom stereocenters. The lowest BCUT2D eigenvalue weighted by Crippen LogP contribution is -2.15. The molecule has 0 spiro atoms. The predicted molar refractivity (Wildman–Crippen MR) is 70.6 cm³/mol. The molecule has 0 atom stereocenters. The van der Waals surface area contributed by atoms with E-state index in [2.05, 4.69) is 9.71 Å². The quantitative estimate of drug-likeness (QED) is 0.842. The van der Waals surface area contributed by atoms with Gasteiger partial charge in [0.1, 0.15) is 5.82 Å². The first-order valence-electron chi connectivity index (χ1n) is 5.38. The van der Waals surface area contributed by atoms with Gasteiger partial charge in [0.15, 0.2) is 0 Å². The molecule has 2 rings (SSSR count). The van der Waals surface area contributed by atoms with Crippen LogP contribution in [0.5, 0.6) is 0 Å². The van der Waals surface area contributed by atoms with Gasteiger partial charge >= 0.3 is 0 Å². The Hall–Kier alpha value is -2.15. The van der Waals surface area contributed by atoms with E-state index in [0.29, 0.717) is 5.69 Å². The summed E-state index contributed by atoms with van der Waals surface area (Å²) < 4.78 is 40.2. The molecule has 7 heteroatoms. The van der Waals surface area contributed by atoms with Crippen LogP contribution >= 0.6 is 0 Å². The Labute approximate surface area is 110 Å². The standard InChI is InChI=1S/C12H12FN3O2S/c1-8-11(13)5-9(14)6-12(8)19(17,18)16-10-3-2-4-15-7-10/h2-7,16H,14H2,1H3. The molecule has 0 saturated carbocycles. The van der Waals surface area contributed by atoms with E-state index in [1.54, 1.807) is 12.1 Å². The van der Waals surface area contributed by atoms with Crippen molar-refractivity contribution in [2.24, 2.45) is 0 Å². The molecule has 3 N–H and O–H groups in total. The molecule has 0 fully saturated rings. The molecule has 0 aliphatic heterocycles. The zero-order chi connectivity index (χ0) is 14.0. The lowest BCUT2D eigenvalue weighted by molar-refractivity contribution is 0.591.